The van der Waals surface area contributed by atoms with Crippen molar-refractivity contribution in [1.29, 1.82) is 0 Å². The molecule has 0 aliphatic rings. The molecule has 236 valence electrons. The Kier molecular flexibility index (Phi) is 17.9. The van der Waals surface area contributed by atoms with Crippen molar-refractivity contribution < 1.29 is 9.47 Å². The minimum atomic E-state index is 0.122. The van der Waals surface area contributed by atoms with E-state index in [9.17, 15) is 0 Å². The number of unbranched alkanes of at least 4 members (excludes halogenated alkanes) is 15. The maximum Gasteiger partial charge on any atom is 0.119 e. The van der Waals surface area contributed by atoms with Crippen LogP contribution in [0.25, 0.3) is 22.3 Å². The molecule has 1 atom stereocenters. The van der Waals surface area contributed by atoms with Crippen molar-refractivity contribution in [1.82, 2.24) is 0 Å². The van der Waals surface area contributed by atoms with Crippen molar-refractivity contribution in [3.63, 3.8) is 0 Å². The van der Waals surface area contributed by atoms with E-state index in [2.05, 4.69) is 93.6 Å². The summed E-state index contributed by atoms with van der Waals surface area (Å²) in [5, 5.41) is 0. The van der Waals surface area contributed by atoms with Gasteiger partial charge in [0, 0.05) is 6.61 Å². The molecule has 2 heteroatoms. The van der Waals surface area contributed by atoms with Crippen LogP contribution in [0.2, 0.25) is 0 Å². The van der Waals surface area contributed by atoms with E-state index in [0.29, 0.717) is 0 Å². The zero-order valence-corrected chi connectivity index (χ0v) is 27.8. The molecule has 0 spiro atoms. The van der Waals surface area contributed by atoms with Crippen molar-refractivity contribution in [3.05, 3.63) is 78.4 Å². The Labute approximate surface area is 264 Å². The summed E-state index contributed by atoms with van der Waals surface area (Å²) in [6, 6.07) is 26.3. The summed E-state index contributed by atoms with van der Waals surface area (Å²) < 4.78 is 12.2. The van der Waals surface area contributed by atoms with Gasteiger partial charge in [-0.3, -0.25) is 0 Å². The first-order chi connectivity index (χ1) is 21.2. The molecule has 3 rings (SSSR count). The highest BCUT2D eigenvalue weighted by atomic mass is 16.5. The second-order valence-electron chi connectivity index (χ2n) is 12.4. The Morgan fingerprint density at radius 1 is 0.465 bits per heavy atom. The molecule has 0 bridgehead atoms. The quantitative estimate of drug-likeness (QED) is 0.0975. The van der Waals surface area contributed by atoms with Crippen LogP contribution in [0.3, 0.4) is 0 Å². The molecule has 0 fully saturated rings. The molecular formula is C41H60O2. The minimum absolute atomic E-state index is 0.122. The molecule has 0 amide bonds. The van der Waals surface area contributed by atoms with Crippen molar-refractivity contribution >= 4 is 0 Å². The number of hydrogen-bond acceptors (Lipinski definition) is 2. The molecule has 0 saturated heterocycles. The first kappa shape index (κ1) is 34.9. The molecule has 0 radical (unpaired) electrons. The Balaban J connectivity index is 1.42. The standard InChI is InChI=1S/C41H60O2/c1-4-6-8-10-12-14-16-18-22-34-43-39-31-29-38(30-32-39)41-24-20-19-23-40(41)37-27-25-36(26-28-37)35(3)42-33-21-17-15-13-11-9-7-5-2/h19-20,23-32,35H,4-18,21-22,33-34H2,1-3H3. The second-order valence-corrected chi connectivity index (χ2v) is 12.4. The van der Waals surface area contributed by atoms with Crippen LogP contribution in [0.15, 0.2) is 72.8 Å². The maximum atomic E-state index is 6.18. The Hall–Kier alpha value is -2.58. The van der Waals surface area contributed by atoms with Crippen LogP contribution in [0.5, 0.6) is 5.75 Å². The normalized spacial score (nSPS) is 12.0. The molecular weight excluding hydrogens is 524 g/mol. The van der Waals surface area contributed by atoms with Gasteiger partial charge in [-0.1, -0.05) is 171 Å². The average Bonchev–Trinajstić information content (AvgIpc) is 3.05. The Morgan fingerprint density at radius 3 is 1.37 bits per heavy atom. The number of rotatable bonds is 24. The topological polar surface area (TPSA) is 18.5 Å². The zero-order valence-electron chi connectivity index (χ0n) is 27.8. The molecule has 2 nitrogen and oxygen atoms in total. The van der Waals surface area contributed by atoms with E-state index in [4.69, 9.17) is 9.47 Å². The molecule has 0 aromatic heterocycles. The number of ether oxygens (including phenoxy) is 2. The summed E-state index contributed by atoms with van der Waals surface area (Å²) in [6.45, 7) is 8.38. The molecule has 3 aromatic carbocycles. The first-order valence-corrected chi connectivity index (χ1v) is 17.8. The van der Waals surface area contributed by atoms with Crippen molar-refractivity contribution in [2.75, 3.05) is 13.2 Å². The van der Waals surface area contributed by atoms with E-state index in [-0.39, 0.29) is 6.10 Å². The van der Waals surface area contributed by atoms with Crippen LogP contribution < -0.4 is 4.74 Å². The number of benzene rings is 3. The van der Waals surface area contributed by atoms with E-state index in [1.165, 1.54) is 124 Å². The van der Waals surface area contributed by atoms with Gasteiger partial charge < -0.3 is 9.47 Å². The second kappa shape index (κ2) is 22.0. The average molecular weight is 585 g/mol. The van der Waals surface area contributed by atoms with Crippen molar-refractivity contribution in [2.45, 2.75) is 136 Å². The fourth-order valence-corrected chi connectivity index (χ4v) is 5.85. The van der Waals surface area contributed by atoms with Gasteiger partial charge >= 0.3 is 0 Å². The summed E-state index contributed by atoms with van der Waals surface area (Å²) in [7, 11) is 0. The monoisotopic (exact) mass is 584 g/mol. The smallest absolute Gasteiger partial charge is 0.119 e. The summed E-state index contributed by atoms with van der Waals surface area (Å²) in [4.78, 5) is 0. The highest BCUT2D eigenvalue weighted by molar-refractivity contribution is 5.83. The molecule has 0 N–H and O–H groups in total. The summed E-state index contributed by atoms with van der Waals surface area (Å²) in [5.74, 6) is 0.964. The van der Waals surface area contributed by atoms with Gasteiger partial charge in [0.25, 0.3) is 0 Å². The molecule has 0 heterocycles. The molecule has 3 aromatic rings. The lowest BCUT2D eigenvalue weighted by atomic mass is 9.94. The summed E-state index contributed by atoms with van der Waals surface area (Å²) in [6.07, 6.45) is 22.8. The molecule has 43 heavy (non-hydrogen) atoms. The van der Waals surface area contributed by atoms with E-state index in [1.807, 2.05) is 0 Å². The highest BCUT2D eigenvalue weighted by Gasteiger charge is 2.10. The highest BCUT2D eigenvalue weighted by Crippen LogP contribution is 2.33. The minimum Gasteiger partial charge on any atom is -0.494 e. The van der Waals surface area contributed by atoms with Gasteiger partial charge in [-0.05, 0) is 59.7 Å². The van der Waals surface area contributed by atoms with Crippen molar-refractivity contribution in [3.8, 4) is 28.0 Å². The van der Waals surface area contributed by atoms with Crippen LogP contribution in [-0.4, -0.2) is 13.2 Å². The van der Waals surface area contributed by atoms with Gasteiger partial charge in [0.1, 0.15) is 5.75 Å². The lowest BCUT2D eigenvalue weighted by Crippen LogP contribution is -2.02. The van der Waals surface area contributed by atoms with Crippen LogP contribution in [0.1, 0.15) is 142 Å². The van der Waals surface area contributed by atoms with Gasteiger partial charge in [0.05, 0.1) is 12.7 Å². The summed E-state index contributed by atoms with van der Waals surface area (Å²) in [5.41, 5.74) is 6.20. The predicted octanol–water partition coefficient (Wildman–Crippen LogP) is 13.1. The zero-order chi connectivity index (χ0) is 30.4. The van der Waals surface area contributed by atoms with E-state index < -0.39 is 0 Å². The van der Waals surface area contributed by atoms with Gasteiger partial charge in [0.15, 0.2) is 0 Å². The van der Waals surface area contributed by atoms with Crippen LogP contribution in [-0.2, 0) is 4.74 Å². The lowest BCUT2D eigenvalue weighted by molar-refractivity contribution is 0.0627. The molecule has 0 saturated carbocycles. The van der Waals surface area contributed by atoms with Gasteiger partial charge in [-0.2, -0.15) is 0 Å². The predicted molar refractivity (Wildman–Crippen MR) is 187 cm³/mol. The van der Waals surface area contributed by atoms with E-state index in [0.717, 1.165) is 31.8 Å². The largest absolute Gasteiger partial charge is 0.494 e. The van der Waals surface area contributed by atoms with Crippen LogP contribution in [0, 0.1) is 0 Å². The van der Waals surface area contributed by atoms with E-state index >= 15 is 0 Å². The number of hydrogen-bond donors (Lipinski definition) is 0. The fraction of sp³-hybridized carbons (Fsp3) is 0.561. The Morgan fingerprint density at radius 2 is 0.884 bits per heavy atom. The molecule has 0 aliphatic carbocycles. The third kappa shape index (κ3) is 13.7. The van der Waals surface area contributed by atoms with Crippen LogP contribution in [0.4, 0.5) is 0 Å². The van der Waals surface area contributed by atoms with Crippen LogP contribution >= 0.6 is 0 Å². The van der Waals surface area contributed by atoms with Gasteiger partial charge in [0.2, 0.25) is 0 Å². The van der Waals surface area contributed by atoms with E-state index in [1.54, 1.807) is 0 Å². The molecule has 1 unspecified atom stereocenters. The van der Waals surface area contributed by atoms with Gasteiger partial charge in [-0.25, -0.2) is 0 Å². The lowest BCUT2D eigenvalue weighted by Gasteiger charge is -2.15. The SMILES string of the molecule is CCCCCCCCCCCOc1ccc(-c2ccccc2-c2ccc(C(C)OCCCCCCCCCC)cc2)cc1. The fourth-order valence-electron chi connectivity index (χ4n) is 5.85. The summed E-state index contributed by atoms with van der Waals surface area (Å²) >= 11 is 0. The first-order valence-electron chi connectivity index (χ1n) is 17.8. The third-order valence-electron chi connectivity index (χ3n) is 8.67. The van der Waals surface area contributed by atoms with Crippen molar-refractivity contribution in [2.24, 2.45) is 0 Å². The van der Waals surface area contributed by atoms with Gasteiger partial charge in [-0.15, -0.1) is 0 Å². The third-order valence-corrected chi connectivity index (χ3v) is 8.67. The Bertz CT molecular complexity index is 1090. The maximum absolute atomic E-state index is 6.18. The molecule has 0 aliphatic heterocycles.